The van der Waals surface area contributed by atoms with Crippen LogP contribution in [0.15, 0.2) is 0 Å². The minimum Gasteiger partial charge on any atom is -0.465 e. The van der Waals surface area contributed by atoms with Crippen LogP contribution < -0.4 is 5.73 Å². The Morgan fingerprint density at radius 3 is 2.18 bits per heavy atom. The average molecular weight is 243 g/mol. The van der Waals surface area contributed by atoms with Crippen LogP contribution in [-0.4, -0.2) is 18.5 Å². The highest BCUT2D eigenvalue weighted by molar-refractivity contribution is 5.74. The number of amides is 1. The maximum Gasteiger partial charge on any atom is 0.309 e. The minimum atomic E-state index is -0.358. The number of ether oxygens (including phenoxy) is 1. The van der Waals surface area contributed by atoms with Crippen molar-refractivity contribution < 1.29 is 14.3 Å². The van der Waals surface area contributed by atoms with Crippen molar-refractivity contribution >= 4 is 11.9 Å². The summed E-state index contributed by atoms with van der Waals surface area (Å²) in [6, 6.07) is 0. The van der Waals surface area contributed by atoms with Crippen molar-refractivity contribution in [3.05, 3.63) is 0 Å². The van der Waals surface area contributed by atoms with Crippen molar-refractivity contribution in [2.75, 3.05) is 6.61 Å². The molecule has 0 heterocycles. The lowest BCUT2D eigenvalue weighted by atomic mass is 9.88. The van der Waals surface area contributed by atoms with E-state index >= 15 is 0 Å². The van der Waals surface area contributed by atoms with Crippen LogP contribution in [0, 0.1) is 17.8 Å². The van der Waals surface area contributed by atoms with Gasteiger partial charge in [-0.15, -0.1) is 0 Å². The molecule has 0 aliphatic heterocycles. The van der Waals surface area contributed by atoms with Crippen LogP contribution in [0.2, 0.25) is 0 Å². The first-order chi connectivity index (χ1) is 7.84. The van der Waals surface area contributed by atoms with Gasteiger partial charge >= 0.3 is 5.97 Å². The molecule has 2 N–H and O–H groups in total. The van der Waals surface area contributed by atoms with Crippen LogP contribution in [0.5, 0.6) is 0 Å². The van der Waals surface area contributed by atoms with Crippen molar-refractivity contribution in [3.63, 3.8) is 0 Å². The summed E-state index contributed by atoms with van der Waals surface area (Å²) in [5.41, 5.74) is 5.00. The molecule has 0 rings (SSSR count). The monoisotopic (exact) mass is 243 g/mol. The van der Waals surface area contributed by atoms with Crippen LogP contribution in [-0.2, 0) is 14.3 Å². The fourth-order valence-electron chi connectivity index (χ4n) is 1.67. The van der Waals surface area contributed by atoms with Gasteiger partial charge in [-0.05, 0) is 24.7 Å². The molecule has 0 spiro atoms. The van der Waals surface area contributed by atoms with Gasteiger partial charge in [0.1, 0.15) is 0 Å². The van der Waals surface area contributed by atoms with E-state index < -0.39 is 0 Å². The fraction of sp³-hybridized carbons (Fsp3) is 0.846. The highest BCUT2D eigenvalue weighted by atomic mass is 16.5. The third-order valence-corrected chi connectivity index (χ3v) is 2.64. The molecule has 0 radical (unpaired) electrons. The molecule has 0 saturated heterocycles. The largest absolute Gasteiger partial charge is 0.465 e. The summed E-state index contributed by atoms with van der Waals surface area (Å²) in [6.07, 6.45) is 1.61. The summed E-state index contributed by atoms with van der Waals surface area (Å²) in [6.45, 7) is 8.52. The van der Waals surface area contributed by atoms with E-state index in [1.807, 2.05) is 13.8 Å². The number of rotatable bonds is 8. The highest BCUT2D eigenvalue weighted by Gasteiger charge is 2.24. The normalized spacial score (nSPS) is 12.8. The van der Waals surface area contributed by atoms with E-state index in [2.05, 4.69) is 13.8 Å². The van der Waals surface area contributed by atoms with E-state index in [-0.39, 0.29) is 36.7 Å². The number of hydrogen-bond donors (Lipinski definition) is 1. The van der Waals surface area contributed by atoms with Crippen molar-refractivity contribution in [1.29, 1.82) is 0 Å². The Bertz CT molecular complexity index is 249. The Labute approximate surface area is 104 Å². The molecule has 0 aliphatic rings. The van der Waals surface area contributed by atoms with E-state index in [1.54, 1.807) is 0 Å². The van der Waals surface area contributed by atoms with Crippen LogP contribution in [0.4, 0.5) is 0 Å². The standard InChI is InChI=1S/C13H25NO3/c1-9(2)8-11(10(3)4)13(16)17-7-5-6-12(14)15/h9-11H,5-8H2,1-4H3,(H2,14,15). The maximum atomic E-state index is 11.8. The van der Waals surface area contributed by atoms with Gasteiger partial charge in [0, 0.05) is 6.42 Å². The highest BCUT2D eigenvalue weighted by Crippen LogP contribution is 2.21. The average Bonchev–Trinajstić information content (AvgIpc) is 2.19. The molecular formula is C13H25NO3. The van der Waals surface area contributed by atoms with Crippen LogP contribution >= 0.6 is 0 Å². The zero-order valence-electron chi connectivity index (χ0n) is 11.4. The number of esters is 1. The molecule has 1 unspecified atom stereocenters. The van der Waals surface area contributed by atoms with E-state index in [0.717, 1.165) is 6.42 Å². The Morgan fingerprint density at radius 2 is 1.76 bits per heavy atom. The van der Waals surface area contributed by atoms with Gasteiger partial charge in [-0.3, -0.25) is 9.59 Å². The van der Waals surface area contributed by atoms with Gasteiger partial charge in [-0.1, -0.05) is 27.7 Å². The topological polar surface area (TPSA) is 69.4 Å². The predicted octanol–water partition coefficient (Wildman–Crippen LogP) is 2.11. The number of nitrogens with two attached hydrogens (primary N) is 1. The second-order valence-corrected chi connectivity index (χ2v) is 5.22. The molecule has 0 aromatic rings. The van der Waals surface area contributed by atoms with Crippen LogP contribution in [0.25, 0.3) is 0 Å². The molecule has 4 nitrogen and oxygen atoms in total. The Hall–Kier alpha value is -1.06. The molecule has 17 heavy (non-hydrogen) atoms. The predicted molar refractivity (Wildman–Crippen MR) is 67.2 cm³/mol. The quantitative estimate of drug-likeness (QED) is 0.524. The van der Waals surface area contributed by atoms with E-state index in [0.29, 0.717) is 12.3 Å². The molecule has 0 saturated carbocycles. The van der Waals surface area contributed by atoms with Crippen molar-refractivity contribution in [3.8, 4) is 0 Å². The van der Waals surface area contributed by atoms with Crippen molar-refractivity contribution in [1.82, 2.24) is 0 Å². The third kappa shape index (κ3) is 7.77. The van der Waals surface area contributed by atoms with E-state index in [4.69, 9.17) is 10.5 Å². The zero-order chi connectivity index (χ0) is 13.4. The number of carbonyl (C=O) groups excluding carboxylic acids is 2. The lowest BCUT2D eigenvalue weighted by Gasteiger charge is -2.21. The van der Waals surface area contributed by atoms with E-state index in [9.17, 15) is 9.59 Å². The molecule has 0 fully saturated rings. The fourth-order valence-corrected chi connectivity index (χ4v) is 1.67. The first-order valence-corrected chi connectivity index (χ1v) is 6.29. The molecule has 1 amide bonds. The molecular weight excluding hydrogens is 218 g/mol. The van der Waals surface area contributed by atoms with Gasteiger partial charge in [0.05, 0.1) is 12.5 Å². The minimum absolute atomic E-state index is 0.0522. The third-order valence-electron chi connectivity index (χ3n) is 2.64. The van der Waals surface area contributed by atoms with Crippen LogP contribution in [0.3, 0.4) is 0 Å². The maximum absolute atomic E-state index is 11.8. The second kappa shape index (κ2) is 8.09. The van der Waals surface area contributed by atoms with Gasteiger partial charge in [-0.2, -0.15) is 0 Å². The number of carbonyl (C=O) groups is 2. The van der Waals surface area contributed by atoms with Crippen LogP contribution in [0.1, 0.15) is 47.0 Å². The van der Waals surface area contributed by atoms with Crippen molar-refractivity contribution in [2.24, 2.45) is 23.5 Å². The van der Waals surface area contributed by atoms with Gasteiger partial charge in [0.2, 0.25) is 5.91 Å². The lowest BCUT2D eigenvalue weighted by molar-refractivity contribution is -0.151. The second-order valence-electron chi connectivity index (χ2n) is 5.22. The summed E-state index contributed by atoms with van der Waals surface area (Å²) in [5, 5.41) is 0. The van der Waals surface area contributed by atoms with Gasteiger partial charge in [0.15, 0.2) is 0 Å². The summed E-state index contributed by atoms with van der Waals surface area (Å²) < 4.78 is 5.17. The molecule has 0 bridgehead atoms. The summed E-state index contributed by atoms with van der Waals surface area (Å²) in [7, 11) is 0. The van der Waals surface area contributed by atoms with Gasteiger partial charge in [-0.25, -0.2) is 0 Å². The summed E-state index contributed by atoms with van der Waals surface area (Å²) >= 11 is 0. The number of hydrogen-bond acceptors (Lipinski definition) is 3. The summed E-state index contributed by atoms with van der Waals surface area (Å²) in [4.78, 5) is 22.3. The van der Waals surface area contributed by atoms with E-state index in [1.165, 1.54) is 0 Å². The molecule has 4 heteroatoms. The molecule has 1 atom stereocenters. The smallest absolute Gasteiger partial charge is 0.309 e. The first-order valence-electron chi connectivity index (χ1n) is 6.29. The first kappa shape index (κ1) is 15.9. The molecule has 100 valence electrons. The summed E-state index contributed by atoms with van der Waals surface area (Å²) in [5.74, 6) is 0.187. The van der Waals surface area contributed by atoms with Crippen molar-refractivity contribution in [2.45, 2.75) is 47.0 Å². The Morgan fingerprint density at radius 1 is 1.18 bits per heavy atom. The number of primary amides is 1. The molecule has 0 aliphatic carbocycles. The molecule has 0 aromatic carbocycles. The SMILES string of the molecule is CC(C)CC(C(=O)OCCCC(N)=O)C(C)C. The Kier molecular flexibility index (Phi) is 7.59. The lowest BCUT2D eigenvalue weighted by Crippen LogP contribution is -2.25. The van der Waals surface area contributed by atoms with Gasteiger partial charge in [0.25, 0.3) is 0 Å². The Balaban J connectivity index is 4.02. The van der Waals surface area contributed by atoms with Gasteiger partial charge < -0.3 is 10.5 Å². The molecule has 0 aromatic heterocycles. The zero-order valence-corrected chi connectivity index (χ0v) is 11.4.